The molecule has 1 saturated heterocycles. The first-order valence-electron chi connectivity index (χ1n) is 10.7. The lowest BCUT2D eigenvalue weighted by Gasteiger charge is -2.38. The maximum atomic E-state index is 14.4. The Morgan fingerprint density at radius 1 is 1.12 bits per heavy atom. The molecule has 5 rings (SSSR count). The van der Waals surface area contributed by atoms with Gasteiger partial charge in [0, 0.05) is 49.8 Å². The molecule has 1 aliphatic heterocycles. The third-order valence-corrected chi connectivity index (χ3v) is 5.78. The lowest BCUT2D eigenvalue weighted by Crippen LogP contribution is -2.54. The summed E-state index contributed by atoms with van der Waals surface area (Å²) in [6, 6.07) is 5.28. The molecule has 4 aromatic rings. The van der Waals surface area contributed by atoms with E-state index in [0.717, 1.165) is 29.2 Å². The molecule has 1 aliphatic rings. The van der Waals surface area contributed by atoms with Crippen molar-refractivity contribution in [1.82, 2.24) is 24.7 Å². The summed E-state index contributed by atoms with van der Waals surface area (Å²) in [6.07, 6.45) is 4.43. The molecule has 0 spiro atoms. The van der Waals surface area contributed by atoms with Crippen molar-refractivity contribution in [3.8, 4) is 0 Å². The number of aromatic nitrogens is 4. The molecule has 0 radical (unpaired) electrons. The van der Waals surface area contributed by atoms with Crippen LogP contribution in [0.4, 0.5) is 20.2 Å². The van der Waals surface area contributed by atoms with Crippen molar-refractivity contribution in [1.29, 1.82) is 0 Å². The summed E-state index contributed by atoms with van der Waals surface area (Å²) in [6.45, 7) is 7.30. The molecule has 1 aromatic carbocycles. The van der Waals surface area contributed by atoms with Gasteiger partial charge in [-0.3, -0.25) is 19.2 Å². The number of hydrogen-bond donors (Lipinski definition) is 2. The zero-order chi connectivity index (χ0) is 23.3. The number of fused-ring (bicyclic) bond motifs is 2. The molecule has 0 bridgehead atoms. The van der Waals surface area contributed by atoms with E-state index in [0.29, 0.717) is 28.7 Å². The highest BCUT2D eigenvalue weighted by molar-refractivity contribution is 6.13. The van der Waals surface area contributed by atoms with Crippen LogP contribution in [-0.2, 0) is 0 Å². The number of benzene rings is 1. The van der Waals surface area contributed by atoms with Crippen LogP contribution in [0.3, 0.4) is 0 Å². The predicted octanol–water partition coefficient (Wildman–Crippen LogP) is 3.30. The summed E-state index contributed by atoms with van der Waals surface area (Å²) in [5.41, 5.74) is 2.29. The van der Waals surface area contributed by atoms with Crippen LogP contribution in [0, 0.1) is 18.7 Å². The minimum Gasteiger partial charge on any atom is -0.367 e. The monoisotopic (exact) mass is 451 g/mol. The molecule has 1 fully saturated rings. The van der Waals surface area contributed by atoms with Crippen LogP contribution in [0.25, 0.3) is 16.7 Å². The highest BCUT2D eigenvalue weighted by Gasteiger charge is 2.25. The van der Waals surface area contributed by atoms with E-state index >= 15 is 0 Å². The second kappa shape index (κ2) is 8.04. The van der Waals surface area contributed by atoms with Crippen molar-refractivity contribution in [2.75, 3.05) is 23.3 Å². The van der Waals surface area contributed by atoms with Gasteiger partial charge in [0.1, 0.15) is 11.0 Å². The molecule has 4 heterocycles. The first-order valence-corrected chi connectivity index (χ1v) is 10.7. The Hall–Kier alpha value is -3.66. The fourth-order valence-electron chi connectivity index (χ4n) is 4.46. The highest BCUT2D eigenvalue weighted by atomic mass is 19.1. The van der Waals surface area contributed by atoms with E-state index in [1.165, 1.54) is 19.3 Å². The smallest absolute Gasteiger partial charge is 0.257 e. The average molecular weight is 451 g/mol. The fraction of sp³-hybridized carbons (Fsp3) is 0.304. The zero-order valence-corrected chi connectivity index (χ0v) is 18.4. The standard InChI is InChI=1S/C23H23F2N7O/c1-12-9-31(10-13(2)28-12)18-5-4-16(19-20(18)27-7-6-26-19)23(33)30-15-8-17(24)22-29-14(3)21(25)32(22)11-15/h4-8,11-13,28H,9-10H2,1-3H3,(H,30,33)/t12-,13+. The van der Waals surface area contributed by atoms with Crippen LogP contribution in [-0.4, -0.2) is 50.4 Å². The molecule has 170 valence electrons. The van der Waals surface area contributed by atoms with Crippen molar-refractivity contribution in [3.63, 3.8) is 0 Å². The SMILES string of the molecule is Cc1nc2c(F)cc(NC(=O)c3ccc(N4C[C@@H](C)N[C@@H](C)C4)c4nccnc34)cn2c1F. The Morgan fingerprint density at radius 2 is 1.82 bits per heavy atom. The van der Waals surface area contributed by atoms with Gasteiger partial charge in [0.15, 0.2) is 11.5 Å². The van der Waals surface area contributed by atoms with Gasteiger partial charge in [-0.15, -0.1) is 0 Å². The molecule has 8 nitrogen and oxygen atoms in total. The number of halogens is 2. The Labute approximate surface area is 188 Å². The molecule has 0 unspecified atom stereocenters. The van der Waals surface area contributed by atoms with Crippen molar-refractivity contribution in [2.45, 2.75) is 32.9 Å². The van der Waals surface area contributed by atoms with Crippen LogP contribution in [0.15, 0.2) is 36.8 Å². The minimum absolute atomic E-state index is 0.0748. The first-order chi connectivity index (χ1) is 15.8. The van der Waals surface area contributed by atoms with E-state index in [-0.39, 0.29) is 17.0 Å². The number of amides is 1. The van der Waals surface area contributed by atoms with Crippen LogP contribution in [0.2, 0.25) is 0 Å². The van der Waals surface area contributed by atoms with E-state index in [9.17, 15) is 13.6 Å². The van der Waals surface area contributed by atoms with E-state index in [4.69, 9.17) is 0 Å². The van der Waals surface area contributed by atoms with Crippen molar-refractivity contribution >= 4 is 34.0 Å². The maximum Gasteiger partial charge on any atom is 0.257 e. The van der Waals surface area contributed by atoms with Crippen molar-refractivity contribution in [2.24, 2.45) is 0 Å². The van der Waals surface area contributed by atoms with Crippen LogP contribution < -0.4 is 15.5 Å². The molecule has 0 aliphatic carbocycles. The summed E-state index contributed by atoms with van der Waals surface area (Å²) in [5, 5.41) is 6.15. The van der Waals surface area contributed by atoms with Crippen LogP contribution >= 0.6 is 0 Å². The fourth-order valence-corrected chi connectivity index (χ4v) is 4.46. The maximum absolute atomic E-state index is 14.4. The summed E-state index contributed by atoms with van der Waals surface area (Å²) < 4.78 is 29.7. The number of piperazine rings is 1. The molecule has 3 aromatic heterocycles. The molecular formula is C23H23F2N7O. The summed E-state index contributed by atoms with van der Waals surface area (Å²) >= 11 is 0. The summed E-state index contributed by atoms with van der Waals surface area (Å²) in [4.78, 5) is 28.1. The average Bonchev–Trinajstić information content (AvgIpc) is 3.06. The van der Waals surface area contributed by atoms with Gasteiger partial charge in [0.25, 0.3) is 5.91 Å². The predicted molar refractivity (Wildman–Crippen MR) is 122 cm³/mol. The van der Waals surface area contributed by atoms with E-state index < -0.39 is 17.7 Å². The number of imidazole rings is 1. The number of hydrogen-bond acceptors (Lipinski definition) is 6. The quantitative estimate of drug-likeness (QED) is 0.497. The first kappa shape index (κ1) is 21.2. The molecule has 2 N–H and O–H groups in total. The normalized spacial score (nSPS) is 18.8. The van der Waals surface area contributed by atoms with Crippen LogP contribution in [0.5, 0.6) is 0 Å². The number of aryl methyl sites for hydroxylation is 1. The Balaban J connectivity index is 1.51. The summed E-state index contributed by atoms with van der Waals surface area (Å²) in [5.74, 6) is -1.91. The van der Waals surface area contributed by atoms with Gasteiger partial charge in [-0.25, -0.2) is 9.37 Å². The van der Waals surface area contributed by atoms with Gasteiger partial charge in [0.05, 0.1) is 22.6 Å². The van der Waals surface area contributed by atoms with Crippen molar-refractivity contribution in [3.05, 3.63) is 59.8 Å². The largest absolute Gasteiger partial charge is 0.367 e. The second-order valence-corrected chi connectivity index (χ2v) is 8.47. The number of rotatable bonds is 3. The number of carbonyl (C=O) groups excluding carboxylic acids is 1. The molecule has 2 atom stereocenters. The Kier molecular flexibility index (Phi) is 5.16. The number of carbonyl (C=O) groups is 1. The molecule has 0 saturated carbocycles. The Bertz CT molecular complexity index is 1380. The lowest BCUT2D eigenvalue weighted by molar-refractivity contribution is 0.102. The number of anilines is 2. The van der Waals surface area contributed by atoms with Crippen molar-refractivity contribution < 1.29 is 13.6 Å². The lowest BCUT2D eigenvalue weighted by atomic mass is 10.1. The minimum atomic E-state index is -0.734. The molecule has 1 amide bonds. The van der Waals surface area contributed by atoms with Gasteiger partial charge >= 0.3 is 0 Å². The second-order valence-electron chi connectivity index (χ2n) is 8.47. The van der Waals surface area contributed by atoms with Gasteiger partial charge in [-0.1, -0.05) is 0 Å². The van der Waals surface area contributed by atoms with Gasteiger partial charge < -0.3 is 15.5 Å². The molecule has 10 heteroatoms. The highest BCUT2D eigenvalue weighted by Crippen LogP contribution is 2.29. The topological polar surface area (TPSA) is 87.5 Å². The molecule has 33 heavy (non-hydrogen) atoms. The van der Waals surface area contributed by atoms with Gasteiger partial charge in [-0.05, 0) is 32.9 Å². The number of nitrogens with zero attached hydrogens (tertiary/aromatic N) is 5. The van der Waals surface area contributed by atoms with Gasteiger partial charge in [-0.2, -0.15) is 4.39 Å². The summed E-state index contributed by atoms with van der Waals surface area (Å²) in [7, 11) is 0. The van der Waals surface area contributed by atoms with E-state index in [1.807, 2.05) is 6.07 Å². The zero-order valence-electron chi connectivity index (χ0n) is 18.4. The number of nitrogens with one attached hydrogen (secondary N) is 2. The van der Waals surface area contributed by atoms with Crippen LogP contribution in [0.1, 0.15) is 29.9 Å². The Morgan fingerprint density at radius 3 is 2.55 bits per heavy atom. The van der Waals surface area contributed by atoms with E-state index in [2.05, 4.69) is 44.3 Å². The van der Waals surface area contributed by atoms with Gasteiger partial charge in [0.2, 0.25) is 5.95 Å². The molecular weight excluding hydrogens is 428 g/mol. The van der Waals surface area contributed by atoms with E-state index in [1.54, 1.807) is 12.3 Å². The number of pyridine rings is 1. The third kappa shape index (κ3) is 3.76. The third-order valence-electron chi connectivity index (χ3n) is 5.78.